The number of hydrogen-bond acceptors (Lipinski definition) is 7. The summed E-state index contributed by atoms with van der Waals surface area (Å²) >= 11 is 0. The molecular weight excluding hydrogens is 475 g/mol. The predicted octanol–water partition coefficient (Wildman–Crippen LogP) is 3.51. The van der Waals surface area contributed by atoms with Crippen LogP contribution >= 0.6 is 0 Å². The Morgan fingerprint density at radius 1 is 1.14 bits per heavy atom. The van der Waals surface area contributed by atoms with E-state index in [1.807, 2.05) is 28.8 Å². The highest BCUT2D eigenvalue weighted by Gasteiger charge is 2.34. The lowest BCUT2D eigenvalue weighted by Crippen LogP contribution is -2.37. The van der Waals surface area contributed by atoms with Crippen molar-refractivity contribution < 1.29 is 13.9 Å². The van der Waals surface area contributed by atoms with Crippen LogP contribution in [0.3, 0.4) is 0 Å². The van der Waals surface area contributed by atoms with E-state index in [0.717, 1.165) is 59.9 Å². The number of nitrogens with zero attached hydrogens (tertiary/aromatic N) is 6. The first-order valence-corrected chi connectivity index (χ1v) is 12.9. The van der Waals surface area contributed by atoms with Crippen molar-refractivity contribution in [2.24, 2.45) is 7.05 Å². The van der Waals surface area contributed by atoms with Gasteiger partial charge >= 0.3 is 5.69 Å². The minimum Gasteiger partial charge on any atom is -0.478 e. The molecule has 0 radical (unpaired) electrons. The summed E-state index contributed by atoms with van der Waals surface area (Å²) in [5.41, 5.74) is 3.96. The Balaban J connectivity index is 1.23. The normalized spacial score (nSPS) is 22.1. The molecule has 0 bridgehead atoms. The summed E-state index contributed by atoms with van der Waals surface area (Å²) in [6.07, 6.45) is 4.36. The van der Waals surface area contributed by atoms with E-state index in [-0.39, 0.29) is 17.8 Å². The monoisotopic (exact) mass is 506 g/mol. The van der Waals surface area contributed by atoms with Gasteiger partial charge < -0.3 is 14.4 Å². The van der Waals surface area contributed by atoms with Gasteiger partial charge in [-0.2, -0.15) is 0 Å². The minimum absolute atomic E-state index is 0.0826. The molecule has 1 atom stereocenters. The number of methoxy groups -OCH3 is 1. The van der Waals surface area contributed by atoms with Gasteiger partial charge in [0.15, 0.2) is 5.65 Å². The summed E-state index contributed by atoms with van der Waals surface area (Å²) < 4.78 is 28.0. The predicted molar refractivity (Wildman–Crippen MR) is 139 cm³/mol. The van der Waals surface area contributed by atoms with Gasteiger partial charge in [0.2, 0.25) is 5.88 Å². The molecule has 10 heteroatoms. The van der Waals surface area contributed by atoms with E-state index in [0.29, 0.717) is 31.1 Å². The van der Waals surface area contributed by atoms with Gasteiger partial charge in [-0.3, -0.25) is 9.13 Å². The minimum atomic E-state index is -0.691. The van der Waals surface area contributed by atoms with E-state index in [1.165, 1.54) is 0 Å². The number of benzene rings is 1. The number of alkyl halides is 1. The van der Waals surface area contributed by atoms with Gasteiger partial charge in [-0.15, -0.1) is 10.2 Å². The van der Waals surface area contributed by atoms with E-state index in [1.54, 1.807) is 24.9 Å². The van der Waals surface area contributed by atoms with Crippen molar-refractivity contribution in [3.8, 4) is 17.0 Å². The van der Waals surface area contributed by atoms with Crippen LogP contribution in [0.15, 0.2) is 41.3 Å². The second-order valence-electron chi connectivity index (χ2n) is 10.1. The van der Waals surface area contributed by atoms with Crippen molar-refractivity contribution in [2.75, 3.05) is 33.4 Å². The molecule has 1 saturated carbocycles. The van der Waals surface area contributed by atoms with Crippen molar-refractivity contribution in [3.63, 3.8) is 0 Å². The molecule has 0 unspecified atom stereocenters. The van der Waals surface area contributed by atoms with E-state index in [4.69, 9.17) is 9.47 Å². The van der Waals surface area contributed by atoms with Gasteiger partial charge in [-0.05, 0) is 49.4 Å². The second-order valence-corrected chi connectivity index (χ2v) is 10.1. The molecule has 3 aromatic heterocycles. The van der Waals surface area contributed by atoms with Crippen LogP contribution in [-0.2, 0) is 11.8 Å². The highest BCUT2D eigenvalue weighted by molar-refractivity contribution is 6.02. The molecule has 9 nitrogen and oxygen atoms in total. The molecule has 1 saturated heterocycles. The molecular formula is C27H31FN6O3. The molecule has 0 N–H and O–H groups in total. The standard InChI is InChI=1S/C27H31FN6O3/c1-32-26-25(34(27(32)35)20-13-21(14-20)36-2)22-12-17(4-6-23(22)30-31-26)18-5-7-24(29-15-18)37-11-3-9-33-10-8-19(28)16-33/h4-7,12,15,19-21H,3,8-11,13-14,16H2,1-2H3/t19-,20?,21?/m0/s1. The molecule has 2 fully saturated rings. The third-order valence-electron chi connectivity index (χ3n) is 7.69. The quantitative estimate of drug-likeness (QED) is 0.338. The van der Waals surface area contributed by atoms with Gasteiger partial charge in [-0.25, -0.2) is 14.2 Å². The number of aryl methyl sites for hydroxylation is 1. The average Bonchev–Trinajstić information content (AvgIpc) is 3.42. The molecule has 0 spiro atoms. The molecule has 1 aliphatic heterocycles. The van der Waals surface area contributed by atoms with Crippen LogP contribution in [-0.4, -0.2) is 74.8 Å². The summed E-state index contributed by atoms with van der Waals surface area (Å²) in [7, 11) is 3.45. The van der Waals surface area contributed by atoms with Crippen LogP contribution in [0.2, 0.25) is 0 Å². The zero-order chi connectivity index (χ0) is 25.5. The van der Waals surface area contributed by atoms with E-state index in [2.05, 4.69) is 26.1 Å². The third-order valence-corrected chi connectivity index (χ3v) is 7.69. The number of imidazole rings is 1. The number of pyridine rings is 1. The number of hydrogen-bond donors (Lipinski definition) is 0. The van der Waals surface area contributed by atoms with Crippen LogP contribution in [0.4, 0.5) is 4.39 Å². The number of halogens is 1. The highest BCUT2D eigenvalue weighted by Crippen LogP contribution is 2.37. The Hall–Kier alpha value is -3.37. The Morgan fingerprint density at radius 2 is 1.97 bits per heavy atom. The fraction of sp³-hybridized carbons (Fsp3) is 0.481. The lowest BCUT2D eigenvalue weighted by molar-refractivity contribution is 0.00635. The Labute approximate surface area is 213 Å². The number of aromatic nitrogens is 5. The molecule has 4 heterocycles. The smallest absolute Gasteiger partial charge is 0.330 e. The molecule has 0 amide bonds. The average molecular weight is 507 g/mol. The van der Waals surface area contributed by atoms with Crippen LogP contribution in [0.5, 0.6) is 5.88 Å². The molecule has 37 heavy (non-hydrogen) atoms. The number of fused-ring (bicyclic) bond motifs is 3. The van der Waals surface area contributed by atoms with Gasteiger partial charge in [-0.1, -0.05) is 6.07 Å². The molecule has 1 aromatic carbocycles. The summed E-state index contributed by atoms with van der Waals surface area (Å²) in [6, 6.07) is 9.91. The van der Waals surface area contributed by atoms with E-state index < -0.39 is 6.17 Å². The summed E-state index contributed by atoms with van der Waals surface area (Å²) in [4.78, 5) is 19.7. The van der Waals surface area contributed by atoms with Crippen LogP contribution < -0.4 is 10.4 Å². The third kappa shape index (κ3) is 4.48. The van der Waals surface area contributed by atoms with Crippen molar-refractivity contribution >= 4 is 22.1 Å². The second kappa shape index (κ2) is 9.83. The van der Waals surface area contributed by atoms with Gasteiger partial charge in [0.1, 0.15) is 11.7 Å². The van der Waals surface area contributed by atoms with Gasteiger partial charge in [0.25, 0.3) is 0 Å². The first-order chi connectivity index (χ1) is 18.0. The largest absolute Gasteiger partial charge is 0.478 e. The maximum Gasteiger partial charge on any atom is 0.330 e. The zero-order valence-corrected chi connectivity index (χ0v) is 21.1. The van der Waals surface area contributed by atoms with Crippen LogP contribution in [0, 0.1) is 0 Å². The topological polar surface area (TPSA) is 87.3 Å². The number of rotatable bonds is 8. The van der Waals surface area contributed by atoms with Crippen molar-refractivity contribution in [1.82, 2.24) is 29.2 Å². The van der Waals surface area contributed by atoms with Crippen molar-refractivity contribution in [3.05, 3.63) is 47.0 Å². The maximum atomic E-state index is 13.3. The van der Waals surface area contributed by atoms with Gasteiger partial charge in [0, 0.05) is 63.0 Å². The fourth-order valence-electron chi connectivity index (χ4n) is 5.44. The van der Waals surface area contributed by atoms with Crippen LogP contribution in [0.1, 0.15) is 31.7 Å². The van der Waals surface area contributed by atoms with Crippen LogP contribution in [0.25, 0.3) is 33.2 Å². The lowest BCUT2D eigenvalue weighted by Gasteiger charge is -2.34. The first kappa shape index (κ1) is 24.0. The van der Waals surface area contributed by atoms with Gasteiger partial charge in [0.05, 0.1) is 18.2 Å². The number of likely N-dealkylation sites (tertiary alicyclic amines) is 1. The zero-order valence-electron chi connectivity index (χ0n) is 21.1. The Kier molecular flexibility index (Phi) is 6.37. The van der Waals surface area contributed by atoms with Crippen molar-refractivity contribution in [2.45, 2.75) is 44.0 Å². The molecule has 194 valence electrons. The lowest BCUT2D eigenvalue weighted by atomic mass is 9.89. The summed E-state index contributed by atoms with van der Waals surface area (Å²) in [5, 5.41) is 9.62. The van der Waals surface area contributed by atoms with Crippen molar-refractivity contribution in [1.29, 1.82) is 0 Å². The Morgan fingerprint density at radius 3 is 2.70 bits per heavy atom. The molecule has 1 aliphatic carbocycles. The highest BCUT2D eigenvalue weighted by atomic mass is 19.1. The molecule has 6 rings (SSSR count). The summed E-state index contributed by atoms with van der Waals surface area (Å²) in [5.74, 6) is 0.567. The molecule has 4 aromatic rings. The fourth-order valence-corrected chi connectivity index (χ4v) is 5.44. The van der Waals surface area contributed by atoms with E-state index >= 15 is 0 Å². The SMILES string of the molecule is COC1CC(n2c(=O)n(C)c3nnc4ccc(-c5ccc(OCCCN6CC[C@H](F)C6)nc5)cc4c32)C1. The molecule has 2 aliphatic rings. The maximum absolute atomic E-state index is 13.3. The Bertz CT molecular complexity index is 1480. The number of ether oxygens (including phenoxy) is 2. The van der Waals surface area contributed by atoms with E-state index in [9.17, 15) is 9.18 Å². The summed E-state index contributed by atoms with van der Waals surface area (Å²) in [6.45, 7) is 2.74. The first-order valence-electron chi connectivity index (χ1n) is 12.9.